The molecule has 1 aliphatic rings. The van der Waals surface area contributed by atoms with Crippen LogP contribution in [0.4, 0.5) is 0 Å². The van der Waals surface area contributed by atoms with E-state index in [4.69, 9.17) is 4.74 Å². The lowest BCUT2D eigenvalue weighted by Crippen LogP contribution is -2.31. The zero-order chi connectivity index (χ0) is 16.4. The van der Waals surface area contributed by atoms with E-state index in [1.165, 1.54) is 17.4 Å². The summed E-state index contributed by atoms with van der Waals surface area (Å²) >= 11 is 0. The summed E-state index contributed by atoms with van der Waals surface area (Å²) in [6, 6.07) is 4.79. The van der Waals surface area contributed by atoms with Gasteiger partial charge in [0.1, 0.15) is 5.75 Å². The molecule has 0 saturated heterocycles. The van der Waals surface area contributed by atoms with Crippen LogP contribution in [0.2, 0.25) is 0 Å². The van der Waals surface area contributed by atoms with E-state index >= 15 is 0 Å². The van der Waals surface area contributed by atoms with Crippen LogP contribution in [0, 0.1) is 0 Å². The van der Waals surface area contributed by atoms with E-state index in [1.54, 1.807) is 12.1 Å². The summed E-state index contributed by atoms with van der Waals surface area (Å²) in [5.74, 6) is 0.730. The second-order valence-electron chi connectivity index (χ2n) is 5.20. The van der Waals surface area contributed by atoms with Gasteiger partial charge in [0, 0.05) is 26.6 Å². The smallest absolute Gasteiger partial charge is 0.240 e. The second-order valence-corrected chi connectivity index (χ2v) is 9.06. The van der Waals surface area contributed by atoms with Gasteiger partial charge in [0.2, 0.25) is 20.0 Å². The van der Waals surface area contributed by atoms with Crippen LogP contribution in [0.5, 0.6) is 5.75 Å². The van der Waals surface area contributed by atoms with Crippen LogP contribution in [0.1, 0.15) is 12.0 Å². The minimum Gasteiger partial charge on any atom is -0.493 e. The molecule has 9 heteroatoms. The summed E-state index contributed by atoms with van der Waals surface area (Å²) < 4.78 is 55.9. The fourth-order valence-corrected chi connectivity index (χ4v) is 3.67. The van der Waals surface area contributed by atoms with Crippen molar-refractivity contribution in [3.8, 4) is 5.75 Å². The van der Waals surface area contributed by atoms with Gasteiger partial charge in [-0.3, -0.25) is 0 Å². The Hall–Kier alpha value is -1.16. The van der Waals surface area contributed by atoms with E-state index in [1.807, 2.05) is 0 Å². The Kier molecular flexibility index (Phi) is 5.10. The number of sulfonamides is 2. The maximum atomic E-state index is 12.2. The molecule has 1 aromatic carbocycles. The first-order valence-electron chi connectivity index (χ1n) is 6.87. The molecule has 1 N–H and O–H groups in total. The van der Waals surface area contributed by atoms with Crippen molar-refractivity contribution < 1.29 is 21.6 Å². The first-order chi connectivity index (χ1) is 10.2. The molecule has 124 valence electrons. The van der Waals surface area contributed by atoms with Crippen molar-refractivity contribution in [2.75, 3.05) is 33.0 Å². The monoisotopic (exact) mass is 348 g/mol. The third-order valence-electron chi connectivity index (χ3n) is 3.48. The van der Waals surface area contributed by atoms with Gasteiger partial charge in [-0.1, -0.05) is 0 Å². The Balaban J connectivity index is 1.92. The molecule has 0 bridgehead atoms. The number of ether oxygens (including phenoxy) is 1. The fraction of sp³-hybridized carbons (Fsp3) is 0.538. The largest absolute Gasteiger partial charge is 0.493 e. The number of fused-ring (bicyclic) bond motifs is 1. The molecule has 1 heterocycles. The molecule has 0 radical (unpaired) electrons. The van der Waals surface area contributed by atoms with Crippen molar-refractivity contribution in [1.82, 2.24) is 9.03 Å². The summed E-state index contributed by atoms with van der Waals surface area (Å²) in [5.41, 5.74) is 0.889. The predicted molar refractivity (Wildman–Crippen MR) is 82.9 cm³/mol. The molecule has 1 aromatic rings. The lowest BCUT2D eigenvalue weighted by molar-refractivity contribution is 0.356. The van der Waals surface area contributed by atoms with Crippen molar-refractivity contribution in [3.63, 3.8) is 0 Å². The van der Waals surface area contributed by atoms with E-state index in [2.05, 4.69) is 4.72 Å². The minimum absolute atomic E-state index is 0.176. The Bertz CT molecular complexity index is 744. The highest BCUT2D eigenvalue weighted by Gasteiger charge is 2.19. The Morgan fingerprint density at radius 3 is 2.68 bits per heavy atom. The van der Waals surface area contributed by atoms with Crippen LogP contribution >= 0.6 is 0 Å². The van der Waals surface area contributed by atoms with Gasteiger partial charge in [0.05, 0.1) is 17.8 Å². The SMILES string of the molecule is CN(CCCNS(=O)(=O)c1ccc2c(c1)CCO2)S(C)(=O)=O. The quantitative estimate of drug-likeness (QED) is 0.710. The standard InChI is InChI=1S/C13H20N2O5S2/c1-15(21(2,16)17)8-3-7-14-22(18,19)12-4-5-13-11(10-12)6-9-20-13/h4-5,10,14H,3,6-9H2,1-2H3. The molecule has 0 fully saturated rings. The molecule has 0 atom stereocenters. The number of nitrogens with zero attached hydrogens (tertiary/aromatic N) is 1. The zero-order valence-corrected chi connectivity index (χ0v) is 14.2. The molecular formula is C13H20N2O5S2. The second kappa shape index (κ2) is 6.53. The molecule has 0 spiro atoms. The molecule has 0 aliphatic carbocycles. The highest BCUT2D eigenvalue weighted by Crippen LogP contribution is 2.27. The van der Waals surface area contributed by atoms with Crippen molar-refractivity contribution in [3.05, 3.63) is 23.8 Å². The lowest BCUT2D eigenvalue weighted by Gasteiger charge is -2.14. The number of hydrogen-bond donors (Lipinski definition) is 1. The van der Waals surface area contributed by atoms with Gasteiger partial charge in [-0.05, 0) is 30.2 Å². The first kappa shape index (κ1) is 17.2. The number of hydrogen-bond acceptors (Lipinski definition) is 5. The molecule has 0 amide bonds. The summed E-state index contributed by atoms with van der Waals surface area (Å²) in [4.78, 5) is 0.202. The third-order valence-corrected chi connectivity index (χ3v) is 6.25. The molecule has 0 unspecified atom stereocenters. The van der Waals surface area contributed by atoms with Crippen LogP contribution in [-0.2, 0) is 26.5 Å². The Labute approximate surface area is 131 Å². The average molecular weight is 348 g/mol. The molecule has 7 nitrogen and oxygen atoms in total. The maximum absolute atomic E-state index is 12.2. The van der Waals surface area contributed by atoms with E-state index in [0.717, 1.165) is 17.6 Å². The molecule has 1 aliphatic heterocycles. The highest BCUT2D eigenvalue weighted by atomic mass is 32.2. The van der Waals surface area contributed by atoms with Gasteiger partial charge in [-0.2, -0.15) is 0 Å². The summed E-state index contributed by atoms with van der Waals surface area (Å²) in [6.07, 6.45) is 2.22. The Morgan fingerprint density at radius 2 is 2.00 bits per heavy atom. The van der Waals surface area contributed by atoms with Crippen molar-refractivity contribution in [1.29, 1.82) is 0 Å². The fourth-order valence-electron chi connectivity index (χ4n) is 2.09. The van der Waals surface area contributed by atoms with Crippen LogP contribution in [0.25, 0.3) is 0 Å². The van der Waals surface area contributed by atoms with Crippen LogP contribution in [0.3, 0.4) is 0 Å². The molecular weight excluding hydrogens is 328 g/mol. The van der Waals surface area contributed by atoms with Crippen LogP contribution in [0.15, 0.2) is 23.1 Å². The minimum atomic E-state index is -3.59. The molecule has 2 rings (SSSR count). The normalized spacial score (nSPS) is 14.9. The topological polar surface area (TPSA) is 92.8 Å². The van der Waals surface area contributed by atoms with Gasteiger partial charge in [-0.25, -0.2) is 25.9 Å². The highest BCUT2D eigenvalue weighted by molar-refractivity contribution is 7.89. The average Bonchev–Trinajstić information content (AvgIpc) is 2.89. The van der Waals surface area contributed by atoms with Crippen molar-refractivity contribution in [2.24, 2.45) is 0 Å². The summed E-state index contributed by atoms with van der Waals surface area (Å²) in [5, 5.41) is 0. The van der Waals surface area contributed by atoms with E-state index in [9.17, 15) is 16.8 Å². The third kappa shape index (κ3) is 4.19. The van der Waals surface area contributed by atoms with Crippen LogP contribution < -0.4 is 9.46 Å². The van der Waals surface area contributed by atoms with Crippen molar-refractivity contribution in [2.45, 2.75) is 17.7 Å². The maximum Gasteiger partial charge on any atom is 0.240 e. The van der Waals surface area contributed by atoms with Gasteiger partial charge in [0.15, 0.2) is 0 Å². The Morgan fingerprint density at radius 1 is 1.27 bits per heavy atom. The van der Waals surface area contributed by atoms with E-state index in [-0.39, 0.29) is 18.0 Å². The van der Waals surface area contributed by atoms with Gasteiger partial charge >= 0.3 is 0 Å². The lowest BCUT2D eigenvalue weighted by atomic mass is 10.2. The number of rotatable bonds is 7. The summed E-state index contributed by atoms with van der Waals surface area (Å²) in [7, 11) is -5.36. The van der Waals surface area contributed by atoms with Gasteiger partial charge in [0.25, 0.3) is 0 Å². The van der Waals surface area contributed by atoms with Gasteiger partial charge < -0.3 is 4.74 Å². The molecule has 22 heavy (non-hydrogen) atoms. The predicted octanol–water partition coefficient (Wildman–Crippen LogP) is 0.181. The van der Waals surface area contributed by atoms with Crippen molar-refractivity contribution >= 4 is 20.0 Å². The van der Waals surface area contributed by atoms with Gasteiger partial charge in [-0.15, -0.1) is 0 Å². The molecule has 0 aromatic heterocycles. The number of benzene rings is 1. The number of nitrogens with one attached hydrogen (secondary N) is 1. The van der Waals surface area contributed by atoms with E-state index < -0.39 is 20.0 Å². The summed E-state index contributed by atoms with van der Waals surface area (Å²) in [6.45, 7) is 1.01. The first-order valence-corrected chi connectivity index (χ1v) is 10.2. The molecule has 0 saturated carbocycles. The van der Waals surface area contributed by atoms with Crippen LogP contribution in [-0.4, -0.2) is 54.1 Å². The van der Waals surface area contributed by atoms with E-state index in [0.29, 0.717) is 19.4 Å². The zero-order valence-electron chi connectivity index (χ0n) is 12.6.